The van der Waals surface area contributed by atoms with Crippen molar-refractivity contribution in [1.82, 2.24) is 29.7 Å². The van der Waals surface area contributed by atoms with Gasteiger partial charge in [0.2, 0.25) is 0 Å². The number of rotatable bonds is 8. The summed E-state index contributed by atoms with van der Waals surface area (Å²) in [5.74, 6) is -0.645. The minimum Gasteiger partial charge on any atom is -0.373 e. The van der Waals surface area contributed by atoms with Crippen LogP contribution in [-0.2, 0) is 13.2 Å². The lowest BCUT2D eigenvalue weighted by Gasteiger charge is -2.24. The molecular weight excluding hydrogens is 509 g/mol. The summed E-state index contributed by atoms with van der Waals surface area (Å²) in [5.41, 5.74) is 3.83. The summed E-state index contributed by atoms with van der Waals surface area (Å²) in [7, 11) is 7.40. The second-order valence-corrected chi connectivity index (χ2v) is 9.73. The quantitative estimate of drug-likeness (QED) is 0.353. The largest absolute Gasteiger partial charge is 0.416 e. The Morgan fingerprint density at radius 1 is 1.05 bits per heavy atom. The molecule has 0 aliphatic carbocycles. The average Bonchev–Trinajstić information content (AvgIpc) is 3.49. The number of aromatic nitrogens is 5. The molecule has 0 unspecified atom stereocenters. The molecule has 0 radical (unpaired) electrons. The van der Waals surface area contributed by atoms with Crippen LogP contribution in [0.3, 0.4) is 0 Å². The lowest BCUT2D eigenvalue weighted by atomic mass is 10.1. The first-order chi connectivity index (χ1) is 18.3. The fourth-order valence-corrected chi connectivity index (χ4v) is 4.09. The van der Waals surface area contributed by atoms with Crippen molar-refractivity contribution in [2.75, 3.05) is 44.4 Å². The van der Waals surface area contributed by atoms with E-state index in [-0.39, 0.29) is 5.56 Å². The molecule has 0 saturated carbocycles. The molecule has 4 rings (SSSR count). The second kappa shape index (κ2) is 10.9. The van der Waals surface area contributed by atoms with E-state index in [1.54, 1.807) is 51.9 Å². The third-order valence-electron chi connectivity index (χ3n) is 6.58. The van der Waals surface area contributed by atoms with Gasteiger partial charge in [0.05, 0.1) is 29.2 Å². The lowest BCUT2D eigenvalue weighted by Crippen LogP contribution is -2.30. The molecule has 0 aliphatic rings. The highest BCUT2D eigenvalue weighted by molar-refractivity contribution is 6.08. The highest BCUT2D eigenvalue weighted by Gasteiger charge is 2.32. The molecule has 0 aliphatic heterocycles. The van der Waals surface area contributed by atoms with Crippen molar-refractivity contribution in [2.45, 2.75) is 20.0 Å². The van der Waals surface area contributed by atoms with E-state index in [0.717, 1.165) is 29.0 Å². The summed E-state index contributed by atoms with van der Waals surface area (Å²) < 4.78 is 43.9. The first-order valence-electron chi connectivity index (χ1n) is 12.3. The van der Waals surface area contributed by atoms with Crippen LogP contribution in [0.25, 0.3) is 16.9 Å². The number of hydrogen-bond donors (Lipinski definition) is 1. The summed E-state index contributed by atoms with van der Waals surface area (Å²) in [4.78, 5) is 17.1. The third-order valence-corrected chi connectivity index (χ3v) is 6.58. The van der Waals surface area contributed by atoms with Gasteiger partial charge in [0.1, 0.15) is 5.69 Å². The molecular formula is C27H31F3N8O. The summed E-state index contributed by atoms with van der Waals surface area (Å²) in [6.07, 6.45) is -1.10. The van der Waals surface area contributed by atoms with Crippen LogP contribution in [0.4, 0.5) is 24.5 Å². The van der Waals surface area contributed by atoms with E-state index in [9.17, 15) is 18.0 Å². The first kappa shape index (κ1) is 27.8. The smallest absolute Gasteiger partial charge is 0.373 e. The molecule has 2 heterocycles. The van der Waals surface area contributed by atoms with Crippen LogP contribution in [0.2, 0.25) is 0 Å². The van der Waals surface area contributed by atoms with Crippen LogP contribution >= 0.6 is 0 Å². The zero-order chi connectivity index (χ0) is 28.5. The fourth-order valence-electron chi connectivity index (χ4n) is 4.09. The maximum absolute atomic E-state index is 13.5. The zero-order valence-electron chi connectivity index (χ0n) is 22.7. The molecule has 39 heavy (non-hydrogen) atoms. The second-order valence-electron chi connectivity index (χ2n) is 9.73. The van der Waals surface area contributed by atoms with Gasteiger partial charge in [0.25, 0.3) is 5.91 Å². The average molecular weight is 541 g/mol. The summed E-state index contributed by atoms with van der Waals surface area (Å²) >= 11 is 0. The van der Waals surface area contributed by atoms with Crippen LogP contribution in [0.15, 0.2) is 48.8 Å². The standard InChI is InChI=1S/C27H31F3N8O/c1-17-7-9-20(14-25(17)38-16-23(33-34-38)22-15-31-37(6)18(22)2)32-26(39)21-13-19(27(28,29)30)8-10-24(21)36(5)12-11-35(3)4/h7-10,13-16H,11-12H2,1-6H3,(H,32,39). The van der Waals surface area contributed by atoms with E-state index < -0.39 is 17.6 Å². The van der Waals surface area contributed by atoms with E-state index in [0.29, 0.717) is 35.8 Å². The van der Waals surface area contributed by atoms with Gasteiger partial charge in [-0.1, -0.05) is 11.3 Å². The van der Waals surface area contributed by atoms with Crippen molar-refractivity contribution < 1.29 is 18.0 Å². The summed E-state index contributed by atoms with van der Waals surface area (Å²) in [6, 6.07) is 8.44. The first-order valence-corrected chi connectivity index (χ1v) is 12.3. The maximum Gasteiger partial charge on any atom is 0.416 e. The van der Waals surface area contributed by atoms with Crippen molar-refractivity contribution in [3.05, 3.63) is 71.2 Å². The molecule has 0 fully saturated rings. The molecule has 2 aromatic carbocycles. The zero-order valence-corrected chi connectivity index (χ0v) is 22.7. The van der Waals surface area contributed by atoms with E-state index in [1.807, 2.05) is 39.9 Å². The molecule has 0 saturated heterocycles. The van der Waals surface area contributed by atoms with E-state index in [1.165, 1.54) is 6.07 Å². The predicted molar refractivity (Wildman–Crippen MR) is 144 cm³/mol. The number of carbonyl (C=O) groups excluding carboxylic acids is 1. The van der Waals surface area contributed by atoms with Gasteiger partial charge in [-0.3, -0.25) is 9.48 Å². The number of amides is 1. The van der Waals surface area contributed by atoms with Crippen molar-refractivity contribution in [1.29, 1.82) is 0 Å². The van der Waals surface area contributed by atoms with Gasteiger partial charge >= 0.3 is 6.18 Å². The van der Waals surface area contributed by atoms with Crippen molar-refractivity contribution in [2.24, 2.45) is 7.05 Å². The number of benzene rings is 2. The van der Waals surface area contributed by atoms with Crippen molar-refractivity contribution in [3.8, 4) is 16.9 Å². The summed E-state index contributed by atoms with van der Waals surface area (Å²) in [6.45, 7) is 5.02. The van der Waals surface area contributed by atoms with E-state index in [4.69, 9.17) is 0 Å². The van der Waals surface area contributed by atoms with Gasteiger partial charge in [-0.05, 0) is 63.8 Å². The molecule has 9 nitrogen and oxygen atoms in total. The van der Waals surface area contributed by atoms with Gasteiger partial charge in [-0.2, -0.15) is 18.3 Å². The van der Waals surface area contributed by atoms with Crippen LogP contribution in [0, 0.1) is 13.8 Å². The van der Waals surface area contributed by atoms with Crippen LogP contribution in [0.1, 0.15) is 27.2 Å². The number of hydrogen-bond acceptors (Lipinski definition) is 6. The van der Waals surface area contributed by atoms with Gasteiger partial charge in [-0.15, -0.1) is 5.10 Å². The minimum absolute atomic E-state index is 0.0664. The Hall–Kier alpha value is -4.19. The topological polar surface area (TPSA) is 84.1 Å². The third kappa shape index (κ3) is 6.11. The number of likely N-dealkylation sites (N-methyl/N-ethyl adjacent to an activating group) is 2. The number of alkyl halides is 3. The highest BCUT2D eigenvalue weighted by Crippen LogP contribution is 2.33. The van der Waals surface area contributed by atoms with Crippen LogP contribution < -0.4 is 10.2 Å². The Kier molecular flexibility index (Phi) is 7.77. The van der Waals surface area contributed by atoms with Gasteiger partial charge in [-0.25, -0.2) is 4.68 Å². The molecule has 0 bridgehead atoms. The number of carbonyl (C=O) groups is 1. The molecule has 12 heteroatoms. The van der Waals surface area contributed by atoms with Crippen molar-refractivity contribution in [3.63, 3.8) is 0 Å². The normalized spacial score (nSPS) is 11.7. The maximum atomic E-state index is 13.5. The Labute approximate surface area is 224 Å². The fraction of sp³-hybridized carbons (Fsp3) is 0.333. The molecule has 0 atom stereocenters. The Morgan fingerprint density at radius 3 is 2.44 bits per heavy atom. The van der Waals surface area contributed by atoms with E-state index >= 15 is 0 Å². The van der Waals surface area contributed by atoms with Gasteiger partial charge in [0.15, 0.2) is 0 Å². The van der Waals surface area contributed by atoms with E-state index in [2.05, 4.69) is 20.7 Å². The monoisotopic (exact) mass is 540 g/mol. The molecule has 4 aromatic rings. The van der Waals surface area contributed by atoms with Gasteiger partial charge in [0, 0.05) is 49.8 Å². The Morgan fingerprint density at radius 2 is 1.79 bits per heavy atom. The Bertz CT molecular complexity index is 1490. The predicted octanol–water partition coefficient (Wildman–Crippen LogP) is 4.55. The Balaban J connectivity index is 1.64. The molecule has 2 aromatic heterocycles. The number of nitrogens with one attached hydrogen (secondary N) is 1. The van der Waals surface area contributed by atoms with Crippen LogP contribution in [0.5, 0.6) is 0 Å². The number of nitrogens with zero attached hydrogens (tertiary/aromatic N) is 7. The lowest BCUT2D eigenvalue weighted by molar-refractivity contribution is -0.137. The highest BCUT2D eigenvalue weighted by atomic mass is 19.4. The van der Waals surface area contributed by atoms with Gasteiger partial charge < -0.3 is 15.1 Å². The van der Waals surface area contributed by atoms with Crippen molar-refractivity contribution >= 4 is 17.3 Å². The minimum atomic E-state index is -4.58. The molecule has 0 spiro atoms. The summed E-state index contributed by atoms with van der Waals surface area (Å²) in [5, 5.41) is 15.5. The number of halogens is 3. The SMILES string of the molecule is Cc1ccc(NC(=O)c2cc(C(F)(F)F)ccc2N(C)CCN(C)C)cc1-n1cc(-c2cnn(C)c2C)nn1. The van der Waals surface area contributed by atoms with Crippen LogP contribution in [-0.4, -0.2) is 69.8 Å². The molecule has 1 N–H and O–H groups in total. The molecule has 206 valence electrons. The number of anilines is 2. The number of aryl methyl sites for hydroxylation is 2. The molecule has 1 amide bonds.